The number of rotatable bonds is 4. The van der Waals surface area contributed by atoms with Crippen molar-refractivity contribution in [2.45, 2.75) is 27.2 Å². The third-order valence-electron chi connectivity index (χ3n) is 3.43. The molecule has 5 heteroatoms. The molecule has 1 aromatic carbocycles. The van der Waals surface area contributed by atoms with E-state index in [4.69, 9.17) is 5.73 Å². The maximum atomic E-state index is 5.91. The minimum Gasteiger partial charge on any atom is -0.370 e. The second kappa shape index (κ2) is 8.73. The lowest BCUT2D eigenvalue weighted by molar-refractivity contribution is 0.950. The van der Waals surface area contributed by atoms with E-state index in [0.29, 0.717) is 12.5 Å². The van der Waals surface area contributed by atoms with E-state index in [-0.39, 0.29) is 24.0 Å². The smallest absolute Gasteiger partial charge is 0.193 e. The van der Waals surface area contributed by atoms with E-state index in [9.17, 15) is 0 Å². The molecule has 0 fully saturated rings. The number of nitrogens with two attached hydrogens (primary N) is 1. The molecule has 0 radical (unpaired) electrons. The molecule has 2 aromatic rings. The van der Waals surface area contributed by atoms with Gasteiger partial charge in [-0.1, -0.05) is 12.1 Å². The third-order valence-corrected chi connectivity index (χ3v) is 3.43. The van der Waals surface area contributed by atoms with Crippen molar-refractivity contribution in [3.8, 4) is 0 Å². The van der Waals surface area contributed by atoms with Crippen LogP contribution in [0.4, 0.5) is 5.69 Å². The van der Waals surface area contributed by atoms with Gasteiger partial charge in [-0.05, 0) is 62.1 Å². The summed E-state index contributed by atoms with van der Waals surface area (Å²) in [6, 6.07) is 10.2. The van der Waals surface area contributed by atoms with E-state index in [1.165, 1.54) is 16.7 Å². The normalized spacial score (nSPS) is 11.0. The number of pyridine rings is 1. The predicted octanol–water partition coefficient (Wildman–Crippen LogP) is 3.59. The van der Waals surface area contributed by atoms with Crippen molar-refractivity contribution >= 4 is 35.6 Å². The quantitative estimate of drug-likeness (QED) is 0.460. The van der Waals surface area contributed by atoms with Crippen molar-refractivity contribution in [1.82, 2.24) is 4.98 Å². The summed E-state index contributed by atoms with van der Waals surface area (Å²) in [6.45, 7) is 6.80. The van der Waals surface area contributed by atoms with Crippen molar-refractivity contribution in [2.75, 3.05) is 11.9 Å². The van der Waals surface area contributed by atoms with Crippen molar-refractivity contribution < 1.29 is 0 Å². The molecule has 0 aliphatic heterocycles. The Hall–Kier alpha value is -1.63. The van der Waals surface area contributed by atoms with Gasteiger partial charge in [-0.3, -0.25) is 9.98 Å². The van der Waals surface area contributed by atoms with Gasteiger partial charge in [0.25, 0.3) is 0 Å². The number of nitrogens with zero attached hydrogens (tertiary/aromatic N) is 2. The molecule has 0 saturated heterocycles. The molecule has 0 atom stereocenters. The standard InChI is InChI=1S/C17H22N4.HI/c1-12-4-7-16(10-13(12)2)21-17(18)19-9-8-15-6-5-14(3)20-11-15;/h4-7,10-11H,8-9H2,1-3H3,(H3,18,19,21);1H. The van der Waals surface area contributed by atoms with Crippen LogP contribution in [0.3, 0.4) is 0 Å². The lowest BCUT2D eigenvalue weighted by Crippen LogP contribution is -2.23. The maximum absolute atomic E-state index is 5.91. The number of anilines is 1. The lowest BCUT2D eigenvalue weighted by atomic mass is 10.1. The minimum atomic E-state index is 0. The van der Waals surface area contributed by atoms with Gasteiger partial charge in [-0.15, -0.1) is 24.0 Å². The molecule has 1 heterocycles. The van der Waals surface area contributed by atoms with Crippen LogP contribution in [0.25, 0.3) is 0 Å². The summed E-state index contributed by atoms with van der Waals surface area (Å²) in [5, 5.41) is 3.12. The number of benzene rings is 1. The van der Waals surface area contributed by atoms with Crippen molar-refractivity contribution in [3.63, 3.8) is 0 Å². The van der Waals surface area contributed by atoms with E-state index in [1.54, 1.807) is 0 Å². The second-order valence-electron chi connectivity index (χ2n) is 5.25. The van der Waals surface area contributed by atoms with Gasteiger partial charge >= 0.3 is 0 Å². The second-order valence-corrected chi connectivity index (χ2v) is 5.25. The Bertz CT molecular complexity index is 636. The topological polar surface area (TPSA) is 63.3 Å². The Kier molecular flexibility index (Phi) is 7.31. The highest BCUT2D eigenvalue weighted by molar-refractivity contribution is 14.0. The number of hydrogen-bond acceptors (Lipinski definition) is 2. The van der Waals surface area contributed by atoms with Crippen molar-refractivity contribution in [2.24, 2.45) is 10.7 Å². The van der Waals surface area contributed by atoms with Gasteiger partial charge in [0.15, 0.2) is 5.96 Å². The van der Waals surface area contributed by atoms with Crippen LogP contribution < -0.4 is 11.1 Å². The molecule has 0 aliphatic carbocycles. The van der Waals surface area contributed by atoms with Crippen LogP contribution in [0.15, 0.2) is 41.5 Å². The fraction of sp³-hybridized carbons (Fsp3) is 0.294. The van der Waals surface area contributed by atoms with E-state index in [1.807, 2.05) is 25.3 Å². The molecule has 0 amide bonds. The zero-order valence-electron chi connectivity index (χ0n) is 13.3. The van der Waals surface area contributed by atoms with Crippen LogP contribution in [0.5, 0.6) is 0 Å². The Morgan fingerprint density at radius 3 is 2.55 bits per heavy atom. The first-order valence-corrected chi connectivity index (χ1v) is 7.10. The molecule has 0 bridgehead atoms. The predicted molar refractivity (Wildman–Crippen MR) is 104 cm³/mol. The highest BCUT2D eigenvalue weighted by Gasteiger charge is 1.98. The molecule has 3 N–H and O–H groups in total. The van der Waals surface area contributed by atoms with Crippen LogP contribution in [-0.4, -0.2) is 17.5 Å². The third kappa shape index (κ3) is 5.63. The molecule has 2 rings (SSSR count). The molecular formula is C17H23IN4. The molecule has 0 saturated carbocycles. The lowest BCUT2D eigenvalue weighted by Gasteiger charge is -2.08. The van der Waals surface area contributed by atoms with E-state index >= 15 is 0 Å². The molecule has 0 aliphatic rings. The maximum Gasteiger partial charge on any atom is 0.193 e. The Balaban J connectivity index is 0.00000242. The summed E-state index contributed by atoms with van der Waals surface area (Å²) in [5.41, 5.74) is 11.6. The first-order chi connectivity index (χ1) is 10.0. The monoisotopic (exact) mass is 410 g/mol. The van der Waals surface area contributed by atoms with Gasteiger partial charge in [-0.2, -0.15) is 0 Å². The van der Waals surface area contributed by atoms with Gasteiger partial charge in [-0.25, -0.2) is 0 Å². The number of guanidine groups is 1. The van der Waals surface area contributed by atoms with Crippen LogP contribution in [0, 0.1) is 20.8 Å². The SMILES string of the molecule is Cc1ccc(CCN=C(N)Nc2ccc(C)c(C)c2)cn1.I. The van der Waals surface area contributed by atoms with Gasteiger partial charge in [0.2, 0.25) is 0 Å². The van der Waals surface area contributed by atoms with Gasteiger partial charge < -0.3 is 11.1 Å². The summed E-state index contributed by atoms with van der Waals surface area (Å²) in [7, 11) is 0. The van der Waals surface area contributed by atoms with Crippen molar-refractivity contribution in [1.29, 1.82) is 0 Å². The molecule has 0 unspecified atom stereocenters. The molecule has 118 valence electrons. The Labute approximate surface area is 149 Å². The number of aromatic nitrogens is 1. The molecule has 0 spiro atoms. The van der Waals surface area contributed by atoms with Gasteiger partial charge in [0, 0.05) is 24.1 Å². The minimum absolute atomic E-state index is 0. The number of aliphatic imine (C=N–C) groups is 1. The Morgan fingerprint density at radius 2 is 1.91 bits per heavy atom. The fourth-order valence-corrected chi connectivity index (χ4v) is 1.96. The highest BCUT2D eigenvalue weighted by Crippen LogP contribution is 2.13. The molecule has 4 nitrogen and oxygen atoms in total. The Morgan fingerprint density at radius 1 is 1.14 bits per heavy atom. The first kappa shape index (κ1) is 18.4. The largest absolute Gasteiger partial charge is 0.370 e. The first-order valence-electron chi connectivity index (χ1n) is 7.10. The van der Waals surface area contributed by atoms with Gasteiger partial charge in [0.05, 0.1) is 0 Å². The number of halogens is 1. The number of nitrogens with one attached hydrogen (secondary N) is 1. The van der Waals surface area contributed by atoms with E-state index in [2.05, 4.69) is 47.3 Å². The highest BCUT2D eigenvalue weighted by atomic mass is 127. The summed E-state index contributed by atoms with van der Waals surface area (Å²) in [4.78, 5) is 8.61. The zero-order valence-corrected chi connectivity index (χ0v) is 15.6. The van der Waals surface area contributed by atoms with E-state index in [0.717, 1.165) is 17.8 Å². The van der Waals surface area contributed by atoms with Crippen molar-refractivity contribution in [3.05, 3.63) is 58.9 Å². The zero-order chi connectivity index (χ0) is 15.2. The molecule has 1 aromatic heterocycles. The fourth-order valence-electron chi connectivity index (χ4n) is 1.96. The van der Waals surface area contributed by atoms with Crippen LogP contribution in [-0.2, 0) is 6.42 Å². The number of aryl methyl sites for hydroxylation is 3. The van der Waals surface area contributed by atoms with Crippen LogP contribution >= 0.6 is 24.0 Å². The molecular weight excluding hydrogens is 387 g/mol. The number of hydrogen-bond donors (Lipinski definition) is 2. The van der Waals surface area contributed by atoms with E-state index < -0.39 is 0 Å². The summed E-state index contributed by atoms with van der Waals surface area (Å²) < 4.78 is 0. The molecule has 22 heavy (non-hydrogen) atoms. The summed E-state index contributed by atoms with van der Waals surface area (Å²) in [5.74, 6) is 0.443. The average molecular weight is 410 g/mol. The summed E-state index contributed by atoms with van der Waals surface area (Å²) in [6.07, 6.45) is 2.72. The van der Waals surface area contributed by atoms with Crippen LogP contribution in [0.1, 0.15) is 22.4 Å². The summed E-state index contributed by atoms with van der Waals surface area (Å²) >= 11 is 0. The average Bonchev–Trinajstić information content (AvgIpc) is 2.45. The van der Waals surface area contributed by atoms with Crippen LogP contribution in [0.2, 0.25) is 0 Å². The van der Waals surface area contributed by atoms with Gasteiger partial charge in [0.1, 0.15) is 0 Å².